The number of carbonyl (C=O) groups excluding carboxylic acids is 1. The predicted molar refractivity (Wildman–Crippen MR) is 121 cm³/mol. The van der Waals surface area contributed by atoms with E-state index in [1.54, 1.807) is 0 Å². The number of hydroxylamine groups is 2. The first-order valence-electron chi connectivity index (χ1n) is 11.7. The van der Waals surface area contributed by atoms with E-state index in [-0.39, 0.29) is 12.0 Å². The number of hydrogen-bond donors (Lipinski definition) is 1. The molecule has 1 aromatic carbocycles. The van der Waals surface area contributed by atoms with Gasteiger partial charge in [0.15, 0.2) is 18.0 Å². The molecule has 1 N–H and O–H groups in total. The average Bonchev–Trinajstić information content (AvgIpc) is 3.21. The SMILES string of the molecule is CCC1(C)CC2(OC(C(=O)O)C(C(=O)OC)O2)C(C)C(C)(CC)N1OC(C)c1ccccc1. The number of rotatable bonds is 7. The molecular weight excluding hydrogens is 426 g/mol. The van der Waals surface area contributed by atoms with Gasteiger partial charge < -0.3 is 19.3 Å². The Labute approximate surface area is 196 Å². The second-order valence-electron chi connectivity index (χ2n) is 9.66. The van der Waals surface area contributed by atoms with Crippen LogP contribution in [0.5, 0.6) is 0 Å². The summed E-state index contributed by atoms with van der Waals surface area (Å²) in [7, 11) is 1.22. The van der Waals surface area contributed by atoms with E-state index in [0.717, 1.165) is 5.56 Å². The van der Waals surface area contributed by atoms with Crippen LogP contribution in [0.25, 0.3) is 0 Å². The summed E-state index contributed by atoms with van der Waals surface area (Å²) in [6, 6.07) is 10.0. The maximum atomic E-state index is 12.4. The molecule has 0 saturated carbocycles. The highest BCUT2D eigenvalue weighted by atomic mass is 16.8. The molecule has 2 heterocycles. The Morgan fingerprint density at radius 2 is 1.76 bits per heavy atom. The molecule has 2 fully saturated rings. The van der Waals surface area contributed by atoms with Crippen molar-refractivity contribution in [1.29, 1.82) is 0 Å². The molecule has 0 aliphatic carbocycles. The number of carbonyl (C=O) groups is 2. The highest BCUT2D eigenvalue weighted by Crippen LogP contribution is 2.55. The van der Waals surface area contributed by atoms with Crippen LogP contribution in [-0.4, -0.2) is 58.3 Å². The van der Waals surface area contributed by atoms with Crippen molar-refractivity contribution < 1.29 is 33.7 Å². The average molecular weight is 464 g/mol. The molecule has 7 atom stereocenters. The third-order valence-corrected chi connectivity index (χ3v) is 7.79. The van der Waals surface area contributed by atoms with Crippen molar-refractivity contribution >= 4 is 11.9 Å². The van der Waals surface area contributed by atoms with Crippen molar-refractivity contribution in [3.05, 3.63) is 35.9 Å². The lowest BCUT2D eigenvalue weighted by atomic mass is 9.67. The van der Waals surface area contributed by atoms with E-state index in [2.05, 4.69) is 32.8 Å². The summed E-state index contributed by atoms with van der Waals surface area (Å²) in [5, 5.41) is 11.8. The Balaban J connectivity index is 2.02. The number of benzene rings is 1. The molecule has 2 aliphatic heterocycles. The van der Waals surface area contributed by atoms with Crippen molar-refractivity contribution in [2.45, 2.75) is 96.0 Å². The van der Waals surface area contributed by atoms with Crippen LogP contribution in [0.15, 0.2) is 30.3 Å². The van der Waals surface area contributed by atoms with Crippen LogP contribution in [-0.2, 0) is 28.6 Å². The first kappa shape index (κ1) is 25.6. The highest BCUT2D eigenvalue weighted by molar-refractivity contribution is 5.85. The van der Waals surface area contributed by atoms with Gasteiger partial charge in [0, 0.05) is 17.9 Å². The van der Waals surface area contributed by atoms with E-state index in [9.17, 15) is 14.7 Å². The molecule has 8 nitrogen and oxygen atoms in total. The third kappa shape index (κ3) is 4.30. The molecule has 1 spiro atoms. The molecule has 7 unspecified atom stereocenters. The normalized spacial score (nSPS) is 37.7. The number of carboxylic acids is 1. The standard InChI is InChI=1S/C25H37NO7/c1-8-23(5)15-25(31-19(21(27)28)20(32-25)22(29)30-7)17(4)24(6,9-2)26(23)33-16(3)18-13-11-10-12-14-18/h10-14,16-17,19-20H,8-9,15H2,1-7H3,(H,27,28). The minimum atomic E-state index is -1.43. The molecule has 3 rings (SSSR count). The van der Waals surface area contributed by atoms with Gasteiger partial charge in [0.1, 0.15) is 6.10 Å². The summed E-state index contributed by atoms with van der Waals surface area (Å²) in [5.41, 5.74) is -0.0542. The van der Waals surface area contributed by atoms with Crippen molar-refractivity contribution in [1.82, 2.24) is 5.06 Å². The van der Waals surface area contributed by atoms with Crippen LogP contribution in [0.4, 0.5) is 0 Å². The van der Waals surface area contributed by atoms with E-state index in [0.29, 0.717) is 19.3 Å². The fourth-order valence-electron chi connectivity index (χ4n) is 5.27. The van der Waals surface area contributed by atoms with Crippen molar-refractivity contribution in [2.75, 3.05) is 7.11 Å². The van der Waals surface area contributed by atoms with E-state index < -0.39 is 41.0 Å². The van der Waals surface area contributed by atoms with E-state index in [4.69, 9.17) is 19.0 Å². The second-order valence-corrected chi connectivity index (χ2v) is 9.66. The number of nitrogens with zero attached hydrogens (tertiary/aromatic N) is 1. The predicted octanol–water partition coefficient (Wildman–Crippen LogP) is 4.10. The fourth-order valence-corrected chi connectivity index (χ4v) is 5.27. The van der Waals surface area contributed by atoms with Gasteiger partial charge in [0.2, 0.25) is 0 Å². The monoisotopic (exact) mass is 463 g/mol. The van der Waals surface area contributed by atoms with Crippen molar-refractivity contribution in [2.24, 2.45) is 5.92 Å². The van der Waals surface area contributed by atoms with Crippen LogP contribution in [0.2, 0.25) is 0 Å². The summed E-state index contributed by atoms with van der Waals surface area (Å²) in [6.07, 6.45) is -1.21. The molecule has 0 radical (unpaired) electrons. The van der Waals surface area contributed by atoms with Gasteiger partial charge in [0.05, 0.1) is 12.6 Å². The van der Waals surface area contributed by atoms with Gasteiger partial charge in [-0.3, -0.25) is 4.84 Å². The van der Waals surface area contributed by atoms with Crippen LogP contribution >= 0.6 is 0 Å². The first-order chi connectivity index (χ1) is 15.5. The van der Waals surface area contributed by atoms with Gasteiger partial charge in [-0.1, -0.05) is 51.1 Å². The summed E-state index contributed by atoms with van der Waals surface area (Å²) < 4.78 is 17.1. The minimum Gasteiger partial charge on any atom is -0.479 e. The van der Waals surface area contributed by atoms with Crippen molar-refractivity contribution in [3.63, 3.8) is 0 Å². The lowest BCUT2D eigenvalue weighted by Gasteiger charge is -2.62. The van der Waals surface area contributed by atoms with E-state index in [1.807, 2.05) is 44.2 Å². The zero-order chi connectivity index (χ0) is 24.6. The molecule has 0 amide bonds. The number of piperidine rings is 1. The molecule has 184 valence electrons. The third-order valence-electron chi connectivity index (χ3n) is 7.79. The Hall–Kier alpha value is -2.00. The van der Waals surface area contributed by atoms with Crippen LogP contribution in [0.1, 0.15) is 72.5 Å². The van der Waals surface area contributed by atoms with Gasteiger partial charge in [-0.05, 0) is 39.2 Å². The Bertz CT molecular complexity index is 864. The number of ether oxygens (including phenoxy) is 3. The lowest BCUT2D eigenvalue weighted by Crippen LogP contribution is -2.71. The smallest absolute Gasteiger partial charge is 0.338 e. The van der Waals surface area contributed by atoms with Gasteiger partial charge in [-0.2, -0.15) is 5.06 Å². The molecule has 1 aromatic rings. The summed E-state index contributed by atoms with van der Waals surface area (Å²) in [6.45, 7) is 12.3. The van der Waals surface area contributed by atoms with E-state index >= 15 is 0 Å². The van der Waals surface area contributed by atoms with E-state index in [1.165, 1.54) is 7.11 Å². The Kier molecular flexibility index (Phi) is 7.24. The Morgan fingerprint density at radius 3 is 2.27 bits per heavy atom. The minimum absolute atomic E-state index is 0.191. The first-order valence-corrected chi connectivity index (χ1v) is 11.7. The zero-order valence-corrected chi connectivity index (χ0v) is 20.7. The Morgan fingerprint density at radius 1 is 1.15 bits per heavy atom. The number of hydrogen-bond acceptors (Lipinski definition) is 7. The molecule has 2 aliphatic rings. The fraction of sp³-hybridized carbons (Fsp3) is 0.680. The lowest BCUT2D eigenvalue weighted by molar-refractivity contribution is -0.380. The maximum Gasteiger partial charge on any atom is 0.338 e. The highest BCUT2D eigenvalue weighted by Gasteiger charge is 2.67. The summed E-state index contributed by atoms with van der Waals surface area (Å²) in [5.74, 6) is -3.58. The van der Waals surface area contributed by atoms with Crippen LogP contribution in [0, 0.1) is 5.92 Å². The van der Waals surface area contributed by atoms with Gasteiger partial charge in [-0.15, -0.1) is 0 Å². The topological polar surface area (TPSA) is 94.5 Å². The molecule has 0 aromatic heterocycles. The molecule has 0 bridgehead atoms. The number of methoxy groups -OCH3 is 1. The summed E-state index contributed by atoms with van der Waals surface area (Å²) in [4.78, 5) is 31.0. The number of aliphatic carboxylic acids is 1. The molecular formula is C25H37NO7. The maximum absolute atomic E-state index is 12.4. The molecule has 2 saturated heterocycles. The molecule has 33 heavy (non-hydrogen) atoms. The molecule has 8 heteroatoms. The number of carboxylic acid groups (broad SMARTS) is 1. The zero-order valence-electron chi connectivity index (χ0n) is 20.7. The quantitative estimate of drug-likeness (QED) is 0.604. The number of esters is 1. The largest absolute Gasteiger partial charge is 0.479 e. The second kappa shape index (κ2) is 9.33. The van der Waals surface area contributed by atoms with Gasteiger partial charge >= 0.3 is 11.9 Å². The van der Waals surface area contributed by atoms with Gasteiger partial charge in [-0.25, -0.2) is 9.59 Å². The van der Waals surface area contributed by atoms with Gasteiger partial charge in [0.25, 0.3) is 0 Å². The summed E-state index contributed by atoms with van der Waals surface area (Å²) >= 11 is 0. The van der Waals surface area contributed by atoms with Crippen LogP contribution < -0.4 is 0 Å². The van der Waals surface area contributed by atoms with Crippen molar-refractivity contribution in [3.8, 4) is 0 Å². The van der Waals surface area contributed by atoms with Crippen LogP contribution in [0.3, 0.4) is 0 Å².